The van der Waals surface area contributed by atoms with Crippen LogP contribution in [0.15, 0.2) is 18.2 Å². The number of methoxy groups -OCH3 is 3. The molecule has 0 spiro atoms. The molecule has 7 nitrogen and oxygen atoms in total. The van der Waals surface area contributed by atoms with E-state index in [1.807, 2.05) is 19.9 Å². The Morgan fingerprint density at radius 1 is 1.12 bits per heavy atom. The summed E-state index contributed by atoms with van der Waals surface area (Å²) in [5, 5.41) is 11.7. The third-order valence-electron chi connectivity index (χ3n) is 4.59. The number of hydrogen-bond donors (Lipinski definition) is 2. The fourth-order valence-electron chi connectivity index (χ4n) is 2.87. The third-order valence-corrected chi connectivity index (χ3v) is 4.59. The van der Waals surface area contributed by atoms with Crippen molar-refractivity contribution in [3.05, 3.63) is 23.8 Å². The molecule has 1 atom stereocenters. The van der Waals surface area contributed by atoms with Crippen LogP contribution in [0.5, 0.6) is 11.5 Å². The molecule has 1 rings (SSSR count). The van der Waals surface area contributed by atoms with Gasteiger partial charge >= 0.3 is 5.97 Å². The van der Waals surface area contributed by atoms with Crippen molar-refractivity contribution in [1.29, 1.82) is 0 Å². The number of amides is 1. The van der Waals surface area contributed by atoms with Gasteiger partial charge in [0.05, 0.1) is 26.2 Å². The molecule has 2 N–H and O–H groups in total. The van der Waals surface area contributed by atoms with Crippen LogP contribution < -0.4 is 14.8 Å². The molecule has 1 aromatic carbocycles. The Hall–Kier alpha value is -2.28. The number of carbonyl (C=O) groups excluding carboxylic acids is 1. The highest BCUT2D eigenvalue weighted by Crippen LogP contribution is 2.37. The average molecular weight is 353 g/mol. The van der Waals surface area contributed by atoms with Crippen LogP contribution in [0.1, 0.15) is 32.3 Å². The van der Waals surface area contributed by atoms with Crippen LogP contribution in [-0.2, 0) is 19.7 Å². The molecule has 0 aliphatic heterocycles. The summed E-state index contributed by atoms with van der Waals surface area (Å²) in [6, 6.07) is 5.38. The van der Waals surface area contributed by atoms with Gasteiger partial charge in [-0.3, -0.25) is 4.79 Å². The van der Waals surface area contributed by atoms with E-state index in [4.69, 9.17) is 19.3 Å². The highest BCUT2D eigenvalue weighted by Gasteiger charge is 2.37. The molecule has 0 aliphatic carbocycles. The van der Waals surface area contributed by atoms with E-state index < -0.39 is 17.5 Å². The topological polar surface area (TPSA) is 94.1 Å². The molecule has 0 bridgehead atoms. The van der Waals surface area contributed by atoms with Crippen LogP contribution in [0.2, 0.25) is 0 Å². The first-order valence-electron chi connectivity index (χ1n) is 8.16. The number of benzene rings is 1. The minimum absolute atomic E-state index is 0.0975. The summed E-state index contributed by atoms with van der Waals surface area (Å²) >= 11 is 0. The number of carboxylic acid groups (broad SMARTS) is 1. The van der Waals surface area contributed by atoms with Gasteiger partial charge in [0.2, 0.25) is 5.91 Å². The summed E-state index contributed by atoms with van der Waals surface area (Å²) < 4.78 is 15.4. The molecule has 1 amide bonds. The van der Waals surface area contributed by atoms with Gasteiger partial charge in [-0.2, -0.15) is 0 Å². The maximum absolute atomic E-state index is 12.9. The SMILES string of the molecule is CCC(CC)(C(=O)NCC(OC)C(=O)O)c1ccc(OC)c(OC)c1. The van der Waals surface area contributed by atoms with Crippen LogP contribution in [0, 0.1) is 0 Å². The van der Waals surface area contributed by atoms with Crippen LogP contribution in [0.4, 0.5) is 0 Å². The highest BCUT2D eigenvalue weighted by molar-refractivity contribution is 5.89. The Labute approximate surface area is 148 Å². The molecule has 1 unspecified atom stereocenters. The third kappa shape index (κ3) is 4.42. The van der Waals surface area contributed by atoms with Gasteiger partial charge in [-0.25, -0.2) is 4.79 Å². The minimum Gasteiger partial charge on any atom is -0.493 e. The Bertz CT molecular complexity index is 597. The standard InChI is InChI=1S/C18H27NO6/c1-6-18(7-2,17(22)19-11-15(25-5)16(20)21)12-8-9-13(23-3)14(10-12)24-4/h8-10,15H,6-7,11H2,1-5H3,(H,19,22)(H,20,21). The first kappa shape index (κ1) is 20.8. The molecular formula is C18H27NO6. The monoisotopic (exact) mass is 353 g/mol. The molecule has 1 aromatic rings. The second kappa shape index (κ2) is 9.27. The molecule has 25 heavy (non-hydrogen) atoms. The second-order valence-electron chi connectivity index (χ2n) is 5.63. The Kier molecular flexibility index (Phi) is 7.70. The summed E-state index contributed by atoms with van der Waals surface area (Å²) in [5.74, 6) is -0.238. The average Bonchev–Trinajstić information content (AvgIpc) is 2.63. The van der Waals surface area contributed by atoms with Gasteiger partial charge in [-0.15, -0.1) is 0 Å². The van der Waals surface area contributed by atoms with E-state index in [2.05, 4.69) is 5.32 Å². The smallest absolute Gasteiger partial charge is 0.334 e. The van der Waals surface area contributed by atoms with Crippen molar-refractivity contribution in [1.82, 2.24) is 5.32 Å². The lowest BCUT2D eigenvalue weighted by atomic mass is 9.75. The molecule has 0 aromatic heterocycles. The van der Waals surface area contributed by atoms with Crippen molar-refractivity contribution < 1.29 is 28.9 Å². The van der Waals surface area contributed by atoms with Gasteiger partial charge in [0, 0.05) is 7.11 Å². The lowest BCUT2D eigenvalue weighted by Crippen LogP contribution is -2.47. The summed E-state index contributed by atoms with van der Waals surface area (Å²) in [7, 11) is 4.39. The van der Waals surface area contributed by atoms with Gasteiger partial charge in [0.15, 0.2) is 17.6 Å². The predicted octanol–water partition coefficient (Wildman–Crippen LogP) is 1.98. The number of ether oxygens (including phenoxy) is 3. The first-order chi connectivity index (χ1) is 11.9. The number of aliphatic carboxylic acids is 1. The van der Waals surface area contributed by atoms with E-state index in [1.165, 1.54) is 14.2 Å². The fraction of sp³-hybridized carbons (Fsp3) is 0.556. The number of nitrogens with one attached hydrogen (secondary N) is 1. The normalized spacial score (nSPS) is 12.4. The quantitative estimate of drug-likeness (QED) is 0.668. The minimum atomic E-state index is -1.12. The van der Waals surface area contributed by atoms with Gasteiger partial charge in [-0.1, -0.05) is 19.9 Å². The van der Waals surface area contributed by atoms with E-state index in [-0.39, 0.29) is 12.5 Å². The lowest BCUT2D eigenvalue weighted by Gasteiger charge is -2.31. The van der Waals surface area contributed by atoms with Crippen molar-refractivity contribution in [3.63, 3.8) is 0 Å². The Balaban J connectivity index is 3.14. The molecule has 0 radical (unpaired) electrons. The number of carboxylic acids is 1. The Morgan fingerprint density at radius 2 is 1.72 bits per heavy atom. The van der Waals surface area contributed by atoms with Gasteiger partial charge in [0.25, 0.3) is 0 Å². The van der Waals surface area contributed by atoms with Crippen LogP contribution in [-0.4, -0.2) is 51.0 Å². The van der Waals surface area contributed by atoms with E-state index in [0.29, 0.717) is 24.3 Å². The lowest BCUT2D eigenvalue weighted by molar-refractivity contribution is -0.148. The largest absolute Gasteiger partial charge is 0.493 e. The first-order valence-corrected chi connectivity index (χ1v) is 8.16. The highest BCUT2D eigenvalue weighted by atomic mass is 16.5. The summed E-state index contributed by atoms with van der Waals surface area (Å²) in [5.41, 5.74) is -0.00646. The van der Waals surface area contributed by atoms with E-state index in [1.54, 1.807) is 19.2 Å². The summed E-state index contributed by atoms with van der Waals surface area (Å²) in [6.07, 6.45) is 0.0196. The van der Waals surface area contributed by atoms with Gasteiger partial charge in [0.1, 0.15) is 0 Å². The maximum Gasteiger partial charge on any atom is 0.334 e. The van der Waals surface area contributed by atoms with Crippen LogP contribution >= 0.6 is 0 Å². The zero-order valence-corrected chi connectivity index (χ0v) is 15.4. The molecule has 0 aliphatic rings. The zero-order valence-electron chi connectivity index (χ0n) is 15.4. The molecule has 0 fully saturated rings. The fourth-order valence-corrected chi connectivity index (χ4v) is 2.87. The molecular weight excluding hydrogens is 326 g/mol. The molecule has 0 saturated carbocycles. The number of hydrogen-bond acceptors (Lipinski definition) is 5. The zero-order chi connectivity index (χ0) is 19.0. The predicted molar refractivity (Wildman–Crippen MR) is 93.2 cm³/mol. The van der Waals surface area contributed by atoms with Crippen molar-refractivity contribution in [2.75, 3.05) is 27.9 Å². The van der Waals surface area contributed by atoms with E-state index in [9.17, 15) is 9.59 Å². The summed E-state index contributed by atoms with van der Waals surface area (Å²) in [6.45, 7) is 3.75. The van der Waals surface area contributed by atoms with E-state index in [0.717, 1.165) is 5.56 Å². The molecule has 0 heterocycles. The van der Waals surface area contributed by atoms with Gasteiger partial charge < -0.3 is 24.6 Å². The van der Waals surface area contributed by atoms with E-state index >= 15 is 0 Å². The van der Waals surface area contributed by atoms with Crippen LogP contribution in [0.3, 0.4) is 0 Å². The molecule has 0 saturated heterocycles. The van der Waals surface area contributed by atoms with Crippen molar-refractivity contribution in [2.45, 2.75) is 38.2 Å². The number of rotatable bonds is 10. The molecule has 7 heteroatoms. The van der Waals surface area contributed by atoms with Gasteiger partial charge in [-0.05, 0) is 30.5 Å². The van der Waals surface area contributed by atoms with Crippen molar-refractivity contribution in [3.8, 4) is 11.5 Å². The van der Waals surface area contributed by atoms with Crippen molar-refractivity contribution >= 4 is 11.9 Å². The maximum atomic E-state index is 12.9. The Morgan fingerprint density at radius 3 is 2.16 bits per heavy atom. The molecule has 140 valence electrons. The van der Waals surface area contributed by atoms with Crippen LogP contribution in [0.25, 0.3) is 0 Å². The summed E-state index contributed by atoms with van der Waals surface area (Å²) in [4.78, 5) is 23.9. The van der Waals surface area contributed by atoms with Crippen molar-refractivity contribution in [2.24, 2.45) is 0 Å². The second-order valence-corrected chi connectivity index (χ2v) is 5.63. The number of carbonyl (C=O) groups is 2.